The van der Waals surface area contributed by atoms with Gasteiger partial charge in [-0.15, -0.1) is 0 Å². The van der Waals surface area contributed by atoms with Crippen molar-refractivity contribution in [2.45, 2.75) is 51.2 Å². The van der Waals surface area contributed by atoms with Gasteiger partial charge in [0.1, 0.15) is 5.54 Å². The number of hydrogen-bond donors (Lipinski definition) is 1. The molecule has 1 saturated heterocycles. The molecule has 1 heterocycles. The van der Waals surface area contributed by atoms with Crippen LogP contribution in [0.3, 0.4) is 0 Å². The van der Waals surface area contributed by atoms with E-state index < -0.39 is 5.54 Å². The van der Waals surface area contributed by atoms with Crippen molar-refractivity contribution in [3.05, 3.63) is 0 Å². The summed E-state index contributed by atoms with van der Waals surface area (Å²) < 4.78 is 10.9. The van der Waals surface area contributed by atoms with Crippen LogP contribution in [-0.4, -0.2) is 37.4 Å². The predicted octanol–water partition coefficient (Wildman–Crippen LogP) is 1.49. The maximum atomic E-state index is 12.0. The highest BCUT2D eigenvalue weighted by atomic mass is 16.5. The lowest BCUT2D eigenvalue weighted by atomic mass is 9.79. The van der Waals surface area contributed by atoms with Gasteiger partial charge in [0.15, 0.2) is 0 Å². The van der Waals surface area contributed by atoms with Crippen LogP contribution in [0.5, 0.6) is 0 Å². The molecule has 0 aromatic rings. The third-order valence-electron chi connectivity index (χ3n) is 3.55. The second-order valence-corrected chi connectivity index (χ2v) is 4.63. The van der Waals surface area contributed by atoms with Crippen molar-refractivity contribution in [3.8, 4) is 0 Å². The molecule has 2 unspecified atom stereocenters. The first kappa shape index (κ1) is 13.5. The van der Waals surface area contributed by atoms with Crippen LogP contribution in [0, 0.1) is 0 Å². The molecule has 1 aliphatic heterocycles. The van der Waals surface area contributed by atoms with E-state index >= 15 is 0 Å². The second-order valence-electron chi connectivity index (χ2n) is 4.63. The van der Waals surface area contributed by atoms with Crippen molar-refractivity contribution in [2.75, 3.05) is 20.3 Å². The number of nitrogens with one attached hydrogen (secondary N) is 1. The van der Waals surface area contributed by atoms with E-state index in [0.717, 1.165) is 6.42 Å². The van der Waals surface area contributed by atoms with E-state index in [0.29, 0.717) is 26.1 Å². The molecule has 1 aliphatic rings. The van der Waals surface area contributed by atoms with E-state index in [1.807, 2.05) is 14.0 Å². The molecular weight excluding hydrogens is 206 g/mol. The molecule has 4 nitrogen and oxygen atoms in total. The number of hydrogen-bond acceptors (Lipinski definition) is 4. The lowest BCUT2D eigenvalue weighted by Crippen LogP contribution is -2.59. The topological polar surface area (TPSA) is 47.6 Å². The Labute approximate surface area is 97.7 Å². The highest BCUT2D eigenvalue weighted by Crippen LogP contribution is 2.35. The Bertz CT molecular complexity index is 257. The molecule has 2 atom stereocenters. The van der Waals surface area contributed by atoms with Crippen LogP contribution in [0.2, 0.25) is 0 Å². The number of ether oxygens (including phenoxy) is 2. The Morgan fingerprint density at radius 2 is 2.19 bits per heavy atom. The van der Waals surface area contributed by atoms with E-state index in [4.69, 9.17) is 9.47 Å². The zero-order valence-corrected chi connectivity index (χ0v) is 10.8. The van der Waals surface area contributed by atoms with Gasteiger partial charge in [-0.05, 0) is 33.7 Å². The van der Waals surface area contributed by atoms with E-state index in [2.05, 4.69) is 19.2 Å². The van der Waals surface area contributed by atoms with Crippen LogP contribution >= 0.6 is 0 Å². The third-order valence-corrected chi connectivity index (χ3v) is 3.55. The first-order chi connectivity index (χ1) is 7.52. The maximum Gasteiger partial charge on any atom is 0.326 e. The van der Waals surface area contributed by atoms with Gasteiger partial charge >= 0.3 is 5.97 Å². The Balaban J connectivity index is 2.83. The minimum absolute atomic E-state index is 0.152. The molecule has 0 bridgehead atoms. The van der Waals surface area contributed by atoms with Crippen molar-refractivity contribution in [1.29, 1.82) is 0 Å². The number of rotatable bonds is 4. The molecule has 0 aromatic carbocycles. The summed E-state index contributed by atoms with van der Waals surface area (Å²) in [5, 5.41) is 3.14. The second kappa shape index (κ2) is 5.15. The fraction of sp³-hybridized carbons (Fsp3) is 0.917. The van der Waals surface area contributed by atoms with E-state index in [9.17, 15) is 4.79 Å². The van der Waals surface area contributed by atoms with Crippen molar-refractivity contribution in [2.24, 2.45) is 0 Å². The lowest BCUT2D eigenvalue weighted by molar-refractivity contribution is -0.165. The highest BCUT2D eigenvalue weighted by Gasteiger charge is 2.47. The molecular formula is C12H23NO3. The summed E-state index contributed by atoms with van der Waals surface area (Å²) in [6.45, 7) is 6.99. The van der Waals surface area contributed by atoms with Gasteiger partial charge in [-0.1, -0.05) is 6.92 Å². The summed E-state index contributed by atoms with van der Waals surface area (Å²) in [6, 6.07) is 0. The van der Waals surface area contributed by atoms with E-state index in [1.165, 1.54) is 0 Å². The Kier molecular flexibility index (Phi) is 4.33. The standard InChI is InChI=1S/C12H23NO3/c1-5-11(3)9-12(13-4,7-8-16-11)10(14)15-6-2/h13H,5-9H2,1-4H3. The SMILES string of the molecule is CCOC(=O)C1(NC)CCOC(C)(CC)C1. The van der Waals surface area contributed by atoms with Crippen molar-refractivity contribution in [3.63, 3.8) is 0 Å². The highest BCUT2D eigenvalue weighted by molar-refractivity contribution is 5.81. The molecule has 1 rings (SSSR count). The Morgan fingerprint density at radius 3 is 2.69 bits per heavy atom. The van der Waals surface area contributed by atoms with Crippen LogP contribution in [0.4, 0.5) is 0 Å². The molecule has 0 aliphatic carbocycles. The van der Waals surface area contributed by atoms with Crippen LogP contribution in [0.1, 0.15) is 40.0 Å². The molecule has 1 fully saturated rings. The van der Waals surface area contributed by atoms with Crippen LogP contribution in [0.25, 0.3) is 0 Å². The number of carbonyl (C=O) groups is 1. The Hall–Kier alpha value is -0.610. The summed E-state index contributed by atoms with van der Waals surface area (Å²) >= 11 is 0. The molecule has 0 aromatic heterocycles. The molecule has 16 heavy (non-hydrogen) atoms. The summed E-state index contributed by atoms with van der Waals surface area (Å²) in [6.07, 6.45) is 2.25. The van der Waals surface area contributed by atoms with Gasteiger partial charge in [-0.3, -0.25) is 4.79 Å². The van der Waals surface area contributed by atoms with Gasteiger partial charge < -0.3 is 14.8 Å². The molecule has 0 saturated carbocycles. The molecule has 0 radical (unpaired) electrons. The number of carbonyl (C=O) groups excluding carboxylic acids is 1. The van der Waals surface area contributed by atoms with Gasteiger partial charge in [-0.25, -0.2) is 0 Å². The van der Waals surface area contributed by atoms with Crippen LogP contribution in [-0.2, 0) is 14.3 Å². The lowest BCUT2D eigenvalue weighted by Gasteiger charge is -2.44. The molecule has 0 spiro atoms. The van der Waals surface area contributed by atoms with E-state index in [1.54, 1.807) is 0 Å². The zero-order valence-electron chi connectivity index (χ0n) is 10.8. The summed E-state index contributed by atoms with van der Waals surface area (Å²) in [4.78, 5) is 12.0. The minimum Gasteiger partial charge on any atom is -0.465 e. The van der Waals surface area contributed by atoms with E-state index in [-0.39, 0.29) is 11.6 Å². The molecule has 1 N–H and O–H groups in total. The van der Waals surface area contributed by atoms with Crippen molar-refractivity contribution >= 4 is 5.97 Å². The van der Waals surface area contributed by atoms with Crippen molar-refractivity contribution in [1.82, 2.24) is 5.32 Å². The zero-order chi connectivity index (χ0) is 12.2. The minimum atomic E-state index is -0.570. The van der Waals surface area contributed by atoms with Gasteiger partial charge in [0.2, 0.25) is 0 Å². The fourth-order valence-corrected chi connectivity index (χ4v) is 2.24. The quantitative estimate of drug-likeness (QED) is 0.742. The largest absolute Gasteiger partial charge is 0.465 e. The van der Waals surface area contributed by atoms with Gasteiger partial charge in [-0.2, -0.15) is 0 Å². The molecule has 0 amide bonds. The van der Waals surface area contributed by atoms with Gasteiger partial charge in [0.25, 0.3) is 0 Å². The Morgan fingerprint density at radius 1 is 1.50 bits per heavy atom. The third kappa shape index (κ3) is 2.55. The number of likely N-dealkylation sites (N-methyl/N-ethyl adjacent to an activating group) is 1. The van der Waals surface area contributed by atoms with Gasteiger partial charge in [0.05, 0.1) is 12.2 Å². The maximum absolute atomic E-state index is 12.0. The van der Waals surface area contributed by atoms with Crippen molar-refractivity contribution < 1.29 is 14.3 Å². The summed E-state index contributed by atoms with van der Waals surface area (Å²) in [5.74, 6) is -0.152. The predicted molar refractivity (Wildman–Crippen MR) is 62.3 cm³/mol. The van der Waals surface area contributed by atoms with Crippen LogP contribution in [0.15, 0.2) is 0 Å². The summed E-state index contributed by atoms with van der Waals surface area (Å²) in [5.41, 5.74) is -0.799. The summed E-state index contributed by atoms with van der Waals surface area (Å²) in [7, 11) is 1.82. The smallest absolute Gasteiger partial charge is 0.326 e. The first-order valence-corrected chi connectivity index (χ1v) is 6.02. The number of esters is 1. The monoisotopic (exact) mass is 229 g/mol. The van der Waals surface area contributed by atoms with Crippen LogP contribution < -0.4 is 5.32 Å². The molecule has 4 heteroatoms. The molecule has 94 valence electrons. The normalized spacial score (nSPS) is 34.8. The average molecular weight is 229 g/mol. The van der Waals surface area contributed by atoms with Gasteiger partial charge in [0, 0.05) is 13.0 Å². The average Bonchev–Trinajstić information content (AvgIpc) is 2.29. The first-order valence-electron chi connectivity index (χ1n) is 6.02. The fourth-order valence-electron chi connectivity index (χ4n) is 2.24.